The zero-order valence-electron chi connectivity index (χ0n) is 14.5. The van der Waals surface area contributed by atoms with Crippen LogP contribution in [-0.2, 0) is 11.3 Å². The molecule has 1 atom stereocenters. The summed E-state index contributed by atoms with van der Waals surface area (Å²) < 4.78 is 38.6. The number of piperazine rings is 1. The lowest BCUT2D eigenvalue weighted by atomic mass is 10.2. The first-order valence-corrected chi connectivity index (χ1v) is 8.55. The van der Waals surface area contributed by atoms with Crippen LogP contribution in [0.3, 0.4) is 0 Å². The zero-order chi connectivity index (χ0) is 18.7. The summed E-state index contributed by atoms with van der Waals surface area (Å²) in [5.74, 6) is -0.587. The van der Waals surface area contributed by atoms with Crippen molar-refractivity contribution in [3.05, 3.63) is 36.3 Å². The van der Waals surface area contributed by atoms with Crippen LogP contribution >= 0.6 is 0 Å². The van der Waals surface area contributed by atoms with E-state index in [0.717, 1.165) is 24.4 Å². The number of hydrogen-bond donors (Lipinski definition) is 1. The molecule has 1 fully saturated rings. The Morgan fingerprint density at radius 3 is 2.65 bits per heavy atom. The van der Waals surface area contributed by atoms with E-state index in [-0.39, 0.29) is 0 Å². The van der Waals surface area contributed by atoms with E-state index in [1.54, 1.807) is 6.92 Å². The maximum absolute atomic E-state index is 12.2. The number of amides is 1. The second kappa shape index (κ2) is 7.63. The Hall–Kier alpha value is -2.13. The fourth-order valence-electron chi connectivity index (χ4n) is 3.10. The van der Waals surface area contributed by atoms with Gasteiger partial charge in [0, 0.05) is 45.1 Å². The third-order valence-electron chi connectivity index (χ3n) is 4.60. The fraction of sp³-hybridized carbons (Fsp3) is 0.529. The minimum Gasteiger partial charge on any atom is -0.346 e. The molecule has 1 amide bonds. The molecule has 1 saturated heterocycles. The van der Waals surface area contributed by atoms with Crippen LogP contribution in [0.15, 0.2) is 30.6 Å². The molecule has 0 saturated carbocycles. The highest BCUT2D eigenvalue weighted by Crippen LogP contribution is 2.14. The highest BCUT2D eigenvalue weighted by molar-refractivity contribution is 5.81. The number of alkyl halides is 3. The fourth-order valence-corrected chi connectivity index (χ4v) is 3.10. The molecule has 1 N–H and O–H groups in total. The van der Waals surface area contributed by atoms with Crippen LogP contribution in [0.2, 0.25) is 0 Å². The van der Waals surface area contributed by atoms with Gasteiger partial charge in [-0.15, -0.1) is 0 Å². The molecule has 6 nitrogen and oxygen atoms in total. The van der Waals surface area contributed by atoms with Crippen molar-refractivity contribution in [3.63, 3.8) is 0 Å². The third kappa shape index (κ3) is 4.73. The molecule has 2 aromatic rings. The molecule has 0 spiro atoms. The zero-order valence-corrected chi connectivity index (χ0v) is 14.5. The number of halogens is 3. The predicted octanol–water partition coefficient (Wildman–Crippen LogP) is 1.52. The quantitative estimate of drug-likeness (QED) is 0.868. The normalized spacial score (nSPS) is 18.2. The van der Waals surface area contributed by atoms with E-state index in [0.29, 0.717) is 19.6 Å². The summed E-state index contributed by atoms with van der Waals surface area (Å²) in [6.07, 6.45) is -0.442. The topological polar surface area (TPSA) is 52.9 Å². The summed E-state index contributed by atoms with van der Waals surface area (Å²) in [6, 6.07) is 5.26. The molecule has 1 aliphatic heterocycles. The van der Waals surface area contributed by atoms with Crippen LogP contribution in [-0.4, -0.2) is 70.0 Å². The maximum Gasteiger partial charge on any atom is 0.405 e. The minimum absolute atomic E-state index is 0.574. The van der Waals surface area contributed by atoms with Gasteiger partial charge in [0.05, 0.1) is 11.7 Å². The van der Waals surface area contributed by atoms with Gasteiger partial charge < -0.3 is 9.72 Å². The van der Waals surface area contributed by atoms with E-state index in [4.69, 9.17) is 0 Å². The molecule has 142 valence electrons. The van der Waals surface area contributed by atoms with E-state index in [1.165, 1.54) is 0 Å². The molecular weight excluding hydrogens is 347 g/mol. The van der Waals surface area contributed by atoms with Gasteiger partial charge in [0.1, 0.15) is 12.2 Å². The van der Waals surface area contributed by atoms with Crippen molar-refractivity contribution >= 4 is 11.6 Å². The number of aromatic nitrogens is 2. The Bertz CT molecular complexity index is 719. The van der Waals surface area contributed by atoms with Gasteiger partial charge in [-0.05, 0) is 19.1 Å². The second-order valence-electron chi connectivity index (χ2n) is 6.52. The molecule has 1 unspecified atom stereocenters. The first-order chi connectivity index (χ1) is 12.3. The lowest BCUT2D eigenvalue weighted by molar-refractivity contribution is -0.141. The van der Waals surface area contributed by atoms with Gasteiger partial charge in [-0.3, -0.25) is 14.6 Å². The molecule has 3 heterocycles. The highest BCUT2D eigenvalue weighted by Gasteiger charge is 2.31. The summed E-state index contributed by atoms with van der Waals surface area (Å²) in [5, 5.41) is 1.95. The van der Waals surface area contributed by atoms with Crippen LogP contribution in [0.5, 0.6) is 0 Å². The van der Waals surface area contributed by atoms with Crippen molar-refractivity contribution in [3.8, 4) is 0 Å². The van der Waals surface area contributed by atoms with Gasteiger partial charge in [0.15, 0.2) is 0 Å². The number of fused-ring (bicyclic) bond motifs is 1. The van der Waals surface area contributed by atoms with Crippen molar-refractivity contribution in [1.82, 2.24) is 24.5 Å². The third-order valence-corrected chi connectivity index (χ3v) is 4.60. The Morgan fingerprint density at radius 1 is 1.27 bits per heavy atom. The van der Waals surface area contributed by atoms with E-state index < -0.39 is 24.7 Å². The predicted molar refractivity (Wildman–Crippen MR) is 90.6 cm³/mol. The molecular formula is C17H22F3N5O. The summed E-state index contributed by atoms with van der Waals surface area (Å²) in [6.45, 7) is 3.81. The van der Waals surface area contributed by atoms with Gasteiger partial charge in [-0.1, -0.05) is 6.07 Å². The van der Waals surface area contributed by atoms with Crippen LogP contribution in [0, 0.1) is 0 Å². The summed E-state index contributed by atoms with van der Waals surface area (Å²) >= 11 is 0. The second-order valence-corrected chi connectivity index (χ2v) is 6.52. The van der Waals surface area contributed by atoms with Crippen molar-refractivity contribution in [2.45, 2.75) is 25.7 Å². The van der Waals surface area contributed by atoms with Crippen LogP contribution in [0.4, 0.5) is 13.2 Å². The number of pyridine rings is 1. The Balaban J connectivity index is 1.48. The lowest BCUT2D eigenvalue weighted by Gasteiger charge is -2.37. The molecule has 26 heavy (non-hydrogen) atoms. The maximum atomic E-state index is 12.2. The summed E-state index contributed by atoms with van der Waals surface area (Å²) in [5.41, 5.74) is 1.87. The summed E-state index contributed by atoms with van der Waals surface area (Å²) in [4.78, 5) is 20.6. The standard InChI is InChI=1S/C17H22F3N5O/c1-13(16(26)21-12-17(18,19)20)24-8-6-23(7-9-24)10-14-11-25-5-3-2-4-15(25)22-14/h2-5,11,13H,6-10,12H2,1H3,(H,21,26). The minimum atomic E-state index is -4.39. The van der Waals surface area contributed by atoms with Gasteiger partial charge >= 0.3 is 6.18 Å². The number of nitrogens with zero attached hydrogens (tertiary/aromatic N) is 4. The smallest absolute Gasteiger partial charge is 0.346 e. The summed E-state index contributed by atoms with van der Waals surface area (Å²) in [7, 11) is 0. The molecule has 3 rings (SSSR count). The van der Waals surface area contributed by atoms with Crippen LogP contribution in [0.1, 0.15) is 12.6 Å². The van der Waals surface area contributed by atoms with Crippen molar-refractivity contribution < 1.29 is 18.0 Å². The number of rotatable bonds is 5. The van der Waals surface area contributed by atoms with E-state index in [1.807, 2.05) is 45.2 Å². The average molecular weight is 369 g/mol. The molecule has 1 aliphatic rings. The molecule has 0 radical (unpaired) electrons. The van der Waals surface area contributed by atoms with Gasteiger partial charge in [0.25, 0.3) is 0 Å². The van der Waals surface area contributed by atoms with Gasteiger partial charge in [-0.25, -0.2) is 4.98 Å². The SMILES string of the molecule is CC(C(=O)NCC(F)(F)F)N1CCN(Cc2cn3ccccc3n2)CC1. The number of carbonyl (C=O) groups is 1. The highest BCUT2D eigenvalue weighted by atomic mass is 19.4. The van der Waals surface area contributed by atoms with Crippen LogP contribution in [0.25, 0.3) is 5.65 Å². The van der Waals surface area contributed by atoms with E-state index in [9.17, 15) is 18.0 Å². The van der Waals surface area contributed by atoms with Gasteiger partial charge in [-0.2, -0.15) is 13.2 Å². The molecule has 9 heteroatoms. The van der Waals surface area contributed by atoms with Crippen molar-refractivity contribution in [1.29, 1.82) is 0 Å². The van der Waals surface area contributed by atoms with Crippen molar-refractivity contribution in [2.75, 3.05) is 32.7 Å². The Labute approximate surface area is 149 Å². The average Bonchev–Trinajstić information content (AvgIpc) is 3.01. The molecule has 2 aromatic heterocycles. The molecule has 0 aliphatic carbocycles. The van der Waals surface area contributed by atoms with E-state index in [2.05, 4.69) is 9.88 Å². The Morgan fingerprint density at radius 2 is 2.00 bits per heavy atom. The van der Waals surface area contributed by atoms with Crippen LogP contribution < -0.4 is 5.32 Å². The van der Waals surface area contributed by atoms with Crippen molar-refractivity contribution in [2.24, 2.45) is 0 Å². The first-order valence-electron chi connectivity index (χ1n) is 8.55. The number of imidazole rings is 1. The largest absolute Gasteiger partial charge is 0.405 e. The lowest BCUT2D eigenvalue weighted by Crippen LogP contribution is -2.54. The Kier molecular flexibility index (Phi) is 5.47. The van der Waals surface area contributed by atoms with Gasteiger partial charge in [0.2, 0.25) is 5.91 Å². The monoisotopic (exact) mass is 369 g/mol. The first kappa shape index (κ1) is 18.7. The molecule has 0 aromatic carbocycles. The molecule has 0 bridgehead atoms. The number of hydrogen-bond acceptors (Lipinski definition) is 4. The number of nitrogens with one attached hydrogen (secondary N) is 1. The van der Waals surface area contributed by atoms with E-state index >= 15 is 0 Å². The number of carbonyl (C=O) groups excluding carboxylic acids is 1.